The Balaban J connectivity index is 1.69. The van der Waals surface area contributed by atoms with Crippen molar-refractivity contribution in [1.82, 2.24) is 4.98 Å². The number of aromatic nitrogens is 1. The van der Waals surface area contributed by atoms with Gasteiger partial charge in [-0.3, -0.25) is 9.78 Å². The summed E-state index contributed by atoms with van der Waals surface area (Å²) in [5.41, 5.74) is 8.62. The second-order valence-electron chi connectivity index (χ2n) is 5.18. The topological polar surface area (TPSA) is 68.0 Å². The number of rotatable bonds is 4. The highest BCUT2D eigenvalue weighted by molar-refractivity contribution is 6.04. The predicted octanol–water partition coefficient (Wildman–Crippen LogP) is 2.74. The number of carbonyl (C=O) groups excluding carboxylic acids is 1. The molecule has 2 aromatic rings. The van der Waals surface area contributed by atoms with Gasteiger partial charge in [-0.2, -0.15) is 0 Å². The molecule has 1 aromatic carbocycles. The number of nitrogens with zero attached hydrogens (tertiary/aromatic N) is 1. The summed E-state index contributed by atoms with van der Waals surface area (Å²) < 4.78 is 0. The molecule has 4 nitrogen and oxygen atoms in total. The highest BCUT2D eigenvalue weighted by Crippen LogP contribution is 2.39. The van der Waals surface area contributed by atoms with Crippen LogP contribution in [0.4, 0.5) is 5.69 Å². The van der Waals surface area contributed by atoms with Crippen molar-refractivity contribution < 1.29 is 4.79 Å². The number of amides is 1. The molecule has 1 fully saturated rings. The summed E-state index contributed by atoms with van der Waals surface area (Å²) in [5.74, 6) is 0.495. The van der Waals surface area contributed by atoms with Crippen LogP contribution in [-0.4, -0.2) is 10.9 Å². The SMILES string of the molecule is NC(c1ccc(C(=O)Nc2ccncc2)cc1)C1CC1. The van der Waals surface area contributed by atoms with Crippen molar-refractivity contribution in [3.8, 4) is 0 Å². The van der Waals surface area contributed by atoms with Crippen LogP contribution >= 0.6 is 0 Å². The van der Waals surface area contributed by atoms with Crippen LogP contribution in [0.15, 0.2) is 48.8 Å². The van der Waals surface area contributed by atoms with Gasteiger partial charge in [0.1, 0.15) is 0 Å². The van der Waals surface area contributed by atoms with Crippen LogP contribution in [0, 0.1) is 5.92 Å². The zero-order valence-electron chi connectivity index (χ0n) is 11.1. The zero-order chi connectivity index (χ0) is 13.9. The van der Waals surface area contributed by atoms with Gasteiger partial charge >= 0.3 is 0 Å². The van der Waals surface area contributed by atoms with E-state index in [0.29, 0.717) is 11.5 Å². The maximum Gasteiger partial charge on any atom is 0.255 e. The summed E-state index contributed by atoms with van der Waals surface area (Å²) in [5, 5.41) is 2.83. The number of hydrogen-bond donors (Lipinski definition) is 2. The summed E-state index contributed by atoms with van der Waals surface area (Å²) in [4.78, 5) is 16.0. The van der Waals surface area contributed by atoms with Crippen molar-refractivity contribution in [2.24, 2.45) is 11.7 Å². The smallest absolute Gasteiger partial charge is 0.255 e. The lowest BCUT2D eigenvalue weighted by Gasteiger charge is -2.11. The van der Waals surface area contributed by atoms with Gasteiger partial charge in [0.05, 0.1) is 0 Å². The number of nitrogens with two attached hydrogens (primary N) is 1. The van der Waals surface area contributed by atoms with Gasteiger partial charge < -0.3 is 11.1 Å². The maximum atomic E-state index is 12.1. The van der Waals surface area contributed by atoms with Crippen LogP contribution in [0.1, 0.15) is 34.8 Å². The molecule has 1 unspecified atom stereocenters. The van der Waals surface area contributed by atoms with Crippen LogP contribution in [-0.2, 0) is 0 Å². The standard InChI is InChI=1S/C16H17N3O/c17-15(11-1-2-11)12-3-5-13(6-4-12)16(20)19-14-7-9-18-10-8-14/h3-11,15H,1-2,17H2,(H,18,19,20). The van der Waals surface area contributed by atoms with E-state index in [9.17, 15) is 4.79 Å². The third-order valence-electron chi connectivity index (χ3n) is 3.63. The van der Waals surface area contributed by atoms with E-state index in [1.807, 2.05) is 24.3 Å². The van der Waals surface area contributed by atoms with Crippen LogP contribution in [0.5, 0.6) is 0 Å². The Morgan fingerprint density at radius 1 is 1.15 bits per heavy atom. The van der Waals surface area contributed by atoms with Gasteiger partial charge in [0, 0.05) is 29.7 Å². The minimum absolute atomic E-state index is 0.104. The Morgan fingerprint density at radius 2 is 1.80 bits per heavy atom. The molecule has 0 saturated heterocycles. The van der Waals surface area contributed by atoms with Gasteiger partial charge in [-0.05, 0) is 48.6 Å². The minimum atomic E-state index is -0.122. The number of carbonyl (C=O) groups is 1. The van der Waals surface area contributed by atoms with Crippen LogP contribution in [0.25, 0.3) is 0 Å². The molecule has 1 atom stereocenters. The molecule has 0 radical (unpaired) electrons. The summed E-state index contributed by atoms with van der Waals surface area (Å²) in [6.45, 7) is 0. The molecule has 4 heteroatoms. The van der Waals surface area contributed by atoms with Gasteiger partial charge in [0.15, 0.2) is 0 Å². The van der Waals surface area contributed by atoms with Crippen LogP contribution < -0.4 is 11.1 Å². The second kappa shape index (κ2) is 5.43. The van der Waals surface area contributed by atoms with Gasteiger partial charge in [0.25, 0.3) is 5.91 Å². The molecule has 1 aromatic heterocycles. The quantitative estimate of drug-likeness (QED) is 0.895. The van der Waals surface area contributed by atoms with Gasteiger partial charge in [-0.1, -0.05) is 12.1 Å². The van der Waals surface area contributed by atoms with E-state index in [4.69, 9.17) is 5.73 Å². The molecule has 0 aliphatic heterocycles. The van der Waals surface area contributed by atoms with Crippen molar-refractivity contribution in [2.45, 2.75) is 18.9 Å². The van der Waals surface area contributed by atoms with E-state index in [0.717, 1.165) is 11.3 Å². The molecule has 1 amide bonds. The zero-order valence-corrected chi connectivity index (χ0v) is 11.1. The summed E-state index contributed by atoms with van der Waals surface area (Å²) in [6.07, 6.45) is 5.72. The molecule has 0 bridgehead atoms. The first-order valence-electron chi connectivity index (χ1n) is 6.81. The molecule has 102 valence electrons. The molecule has 3 rings (SSSR count). The fraction of sp³-hybridized carbons (Fsp3) is 0.250. The average Bonchev–Trinajstić information content (AvgIpc) is 3.32. The van der Waals surface area contributed by atoms with Crippen molar-refractivity contribution in [3.05, 3.63) is 59.9 Å². The van der Waals surface area contributed by atoms with E-state index in [2.05, 4.69) is 10.3 Å². The summed E-state index contributed by atoms with van der Waals surface area (Å²) in [7, 11) is 0. The first kappa shape index (κ1) is 12.8. The lowest BCUT2D eigenvalue weighted by Crippen LogP contribution is -2.14. The predicted molar refractivity (Wildman–Crippen MR) is 78.3 cm³/mol. The van der Waals surface area contributed by atoms with Crippen molar-refractivity contribution >= 4 is 11.6 Å². The fourth-order valence-electron chi connectivity index (χ4n) is 2.22. The molecule has 3 N–H and O–H groups in total. The Hall–Kier alpha value is -2.20. The molecule has 1 aliphatic rings. The van der Waals surface area contributed by atoms with E-state index < -0.39 is 0 Å². The number of hydrogen-bond acceptors (Lipinski definition) is 3. The van der Waals surface area contributed by atoms with Gasteiger partial charge in [0.2, 0.25) is 0 Å². The monoisotopic (exact) mass is 267 g/mol. The van der Waals surface area contributed by atoms with E-state index in [1.54, 1.807) is 24.5 Å². The molecule has 20 heavy (non-hydrogen) atoms. The Kier molecular flexibility index (Phi) is 3.48. The molecule has 1 heterocycles. The lowest BCUT2D eigenvalue weighted by molar-refractivity contribution is 0.102. The Bertz CT molecular complexity index is 591. The summed E-state index contributed by atoms with van der Waals surface area (Å²) in [6, 6.07) is 11.2. The first-order valence-corrected chi connectivity index (χ1v) is 6.81. The molecule has 1 aliphatic carbocycles. The van der Waals surface area contributed by atoms with E-state index >= 15 is 0 Å². The number of pyridine rings is 1. The number of benzene rings is 1. The highest BCUT2D eigenvalue weighted by atomic mass is 16.1. The van der Waals surface area contributed by atoms with E-state index in [-0.39, 0.29) is 11.9 Å². The Labute approximate surface area is 118 Å². The highest BCUT2D eigenvalue weighted by Gasteiger charge is 2.29. The van der Waals surface area contributed by atoms with Crippen molar-refractivity contribution in [1.29, 1.82) is 0 Å². The fourth-order valence-corrected chi connectivity index (χ4v) is 2.22. The largest absolute Gasteiger partial charge is 0.324 e. The van der Waals surface area contributed by atoms with Crippen molar-refractivity contribution in [3.63, 3.8) is 0 Å². The number of anilines is 1. The molecular weight excluding hydrogens is 250 g/mol. The van der Waals surface area contributed by atoms with Crippen molar-refractivity contribution in [2.75, 3.05) is 5.32 Å². The number of nitrogens with one attached hydrogen (secondary N) is 1. The molecule has 1 saturated carbocycles. The van der Waals surface area contributed by atoms with Crippen LogP contribution in [0.3, 0.4) is 0 Å². The maximum absolute atomic E-state index is 12.1. The van der Waals surface area contributed by atoms with Gasteiger partial charge in [-0.25, -0.2) is 0 Å². The average molecular weight is 267 g/mol. The van der Waals surface area contributed by atoms with Gasteiger partial charge in [-0.15, -0.1) is 0 Å². The molecule has 0 spiro atoms. The minimum Gasteiger partial charge on any atom is -0.324 e. The first-order chi connectivity index (χ1) is 9.74. The second-order valence-corrected chi connectivity index (χ2v) is 5.18. The summed E-state index contributed by atoms with van der Waals surface area (Å²) >= 11 is 0. The third kappa shape index (κ3) is 2.86. The third-order valence-corrected chi connectivity index (χ3v) is 3.63. The Morgan fingerprint density at radius 3 is 2.40 bits per heavy atom. The normalized spacial score (nSPS) is 15.7. The molecular formula is C16H17N3O. The van der Waals surface area contributed by atoms with E-state index in [1.165, 1.54) is 12.8 Å². The van der Waals surface area contributed by atoms with Crippen LogP contribution in [0.2, 0.25) is 0 Å². The lowest BCUT2D eigenvalue weighted by atomic mass is 10.0.